The lowest BCUT2D eigenvalue weighted by molar-refractivity contribution is -0.119. The second kappa shape index (κ2) is 4.98. The van der Waals surface area contributed by atoms with Crippen LogP contribution in [-0.4, -0.2) is 5.78 Å². The Hall–Kier alpha value is -0.330. The van der Waals surface area contributed by atoms with Gasteiger partial charge >= 0.3 is 0 Å². The van der Waals surface area contributed by atoms with E-state index in [1.807, 2.05) is 0 Å². The predicted molar refractivity (Wildman–Crippen MR) is 74.4 cm³/mol. The van der Waals surface area contributed by atoms with Crippen LogP contribution in [0.25, 0.3) is 0 Å². The molecule has 4 aliphatic rings. The van der Waals surface area contributed by atoms with Gasteiger partial charge in [-0.25, -0.2) is 0 Å². The van der Waals surface area contributed by atoms with E-state index in [-0.39, 0.29) is 0 Å². The van der Waals surface area contributed by atoms with Crippen LogP contribution in [0.4, 0.5) is 0 Å². The molecule has 18 heavy (non-hydrogen) atoms. The van der Waals surface area contributed by atoms with Crippen molar-refractivity contribution in [3.8, 4) is 0 Å². The lowest BCUT2D eigenvalue weighted by atomic mass is 9.48. The van der Waals surface area contributed by atoms with E-state index in [9.17, 15) is 4.79 Å². The predicted octanol–water partition coefficient (Wildman–Crippen LogP) is 4.74. The highest BCUT2D eigenvalue weighted by molar-refractivity contribution is 5.78. The number of hydrogen-bond acceptors (Lipinski definition) is 1. The van der Waals surface area contributed by atoms with Gasteiger partial charge in [-0.3, -0.25) is 4.79 Å². The molecule has 102 valence electrons. The van der Waals surface area contributed by atoms with Crippen molar-refractivity contribution in [2.24, 2.45) is 23.2 Å². The third-order valence-corrected chi connectivity index (χ3v) is 5.86. The highest BCUT2D eigenvalue weighted by Crippen LogP contribution is 2.61. The summed E-state index contributed by atoms with van der Waals surface area (Å²) in [7, 11) is 0. The highest BCUT2D eigenvalue weighted by Gasteiger charge is 2.50. The van der Waals surface area contributed by atoms with Crippen LogP contribution in [0.3, 0.4) is 0 Å². The second-order valence-corrected chi connectivity index (χ2v) is 7.56. The van der Waals surface area contributed by atoms with E-state index in [1.54, 1.807) is 0 Å². The van der Waals surface area contributed by atoms with Crippen LogP contribution in [0.1, 0.15) is 77.6 Å². The number of rotatable bonds is 6. The summed E-state index contributed by atoms with van der Waals surface area (Å²) in [6.45, 7) is 2.11. The van der Waals surface area contributed by atoms with Crippen LogP contribution in [0.15, 0.2) is 0 Å². The maximum absolute atomic E-state index is 11.6. The van der Waals surface area contributed by atoms with E-state index in [4.69, 9.17) is 0 Å². The first kappa shape index (κ1) is 12.7. The molecule has 0 spiro atoms. The van der Waals surface area contributed by atoms with Gasteiger partial charge in [0.15, 0.2) is 0 Å². The maximum Gasteiger partial charge on any atom is 0.132 e. The van der Waals surface area contributed by atoms with Gasteiger partial charge in [-0.1, -0.05) is 6.92 Å². The lowest BCUT2D eigenvalue weighted by Gasteiger charge is -2.57. The van der Waals surface area contributed by atoms with Crippen LogP contribution in [0.2, 0.25) is 0 Å². The van der Waals surface area contributed by atoms with Crippen molar-refractivity contribution in [2.45, 2.75) is 77.6 Å². The summed E-state index contributed by atoms with van der Waals surface area (Å²) in [6, 6.07) is 0. The number of hydrogen-bond donors (Lipinski definition) is 0. The van der Waals surface area contributed by atoms with E-state index in [0.29, 0.717) is 11.2 Å². The van der Waals surface area contributed by atoms with Crippen molar-refractivity contribution in [3.63, 3.8) is 0 Å². The third kappa shape index (κ3) is 2.51. The zero-order valence-corrected chi connectivity index (χ0v) is 11.9. The minimum Gasteiger partial charge on any atom is -0.300 e. The first-order valence-electron chi connectivity index (χ1n) is 8.21. The van der Waals surface area contributed by atoms with E-state index in [2.05, 4.69) is 6.92 Å². The van der Waals surface area contributed by atoms with E-state index in [0.717, 1.165) is 37.0 Å². The molecule has 0 saturated heterocycles. The Morgan fingerprint density at radius 2 is 1.56 bits per heavy atom. The first-order chi connectivity index (χ1) is 8.69. The summed E-state index contributed by atoms with van der Waals surface area (Å²) >= 11 is 0. The van der Waals surface area contributed by atoms with E-state index < -0.39 is 0 Å². The monoisotopic (exact) mass is 248 g/mol. The topological polar surface area (TPSA) is 17.1 Å². The van der Waals surface area contributed by atoms with Crippen molar-refractivity contribution in [3.05, 3.63) is 0 Å². The van der Waals surface area contributed by atoms with Crippen molar-refractivity contribution >= 4 is 5.78 Å². The minimum absolute atomic E-state index is 0.502. The molecule has 4 saturated carbocycles. The molecule has 1 heteroatoms. The molecule has 0 aromatic carbocycles. The molecule has 0 N–H and O–H groups in total. The summed E-state index contributed by atoms with van der Waals surface area (Å²) in [5.41, 5.74) is 0.682. The van der Waals surface area contributed by atoms with Crippen molar-refractivity contribution < 1.29 is 4.79 Å². The van der Waals surface area contributed by atoms with Gasteiger partial charge in [0.2, 0.25) is 0 Å². The summed E-state index contributed by atoms with van der Waals surface area (Å²) in [5.74, 6) is 3.68. The standard InChI is InChI=1S/C17H28O/c1-2-4-16(18)5-3-6-17-10-13-7-14(11-17)9-15(8-13)12-17/h13-15H,2-12H2,1H3. The Kier molecular flexibility index (Phi) is 3.51. The fraction of sp³-hybridized carbons (Fsp3) is 0.941. The summed E-state index contributed by atoms with van der Waals surface area (Å²) < 4.78 is 0. The summed E-state index contributed by atoms with van der Waals surface area (Å²) in [4.78, 5) is 11.6. The molecule has 4 aliphatic carbocycles. The highest BCUT2D eigenvalue weighted by atomic mass is 16.1. The molecule has 0 heterocycles. The normalized spacial score (nSPS) is 41.3. The molecular weight excluding hydrogens is 220 g/mol. The molecule has 0 aromatic heterocycles. The van der Waals surface area contributed by atoms with Gasteiger partial charge < -0.3 is 0 Å². The maximum atomic E-state index is 11.6. The molecule has 1 nitrogen and oxygen atoms in total. The molecule has 4 rings (SSSR count). The Morgan fingerprint density at radius 1 is 1.00 bits per heavy atom. The number of carbonyl (C=O) groups excluding carboxylic acids is 1. The van der Waals surface area contributed by atoms with Gasteiger partial charge in [0, 0.05) is 12.8 Å². The fourth-order valence-electron chi connectivity index (χ4n) is 5.66. The Labute approximate surface area is 112 Å². The molecule has 4 bridgehead atoms. The van der Waals surface area contributed by atoms with E-state index in [1.165, 1.54) is 51.4 Å². The number of Topliss-reactive ketones (excluding diaryl/α,β-unsaturated/α-hetero) is 1. The average molecular weight is 248 g/mol. The lowest BCUT2D eigenvalue weighted by Crippen LogP contribution is -2.45. The molecule has 0 unspecified atom stereocenters. The zero-order chi connectivity index (χ0) is 12.6. The number of carbonyl (C=O) groups is 1. The van der Waals surface area contributed by atoms with Crippen molar-refractivity contribution in [1.29, 1.82) is 0 Å². The smallest absolute Gasteiger partial charge is 0.132 e. The van der Waals surface area contributed by atoms with Crippen LogP contribution < -0.4 is 0 Å². The minimum atomic E-state index is 0.502. The summed E-state index contributed by atoms with van der Waals surface area (Å²) in [5, 5.41) is 0. The molecular formula is C17H28O. The zero-order valence-electron chi connectivity index (χ0n) is 11.9. The molecule has 4 fully saturated rings. The molecule has 0 radical (unpaired) electrons. The van der Waals surface area contributed by atoms with Gasteiger partial charge in [0.1, 0.15) is 5.78 Å². The average Bonchev–Trinajstić information content (AvgIpc) is 2.26. The Balaban J connectivity index is 1.51. The van der Waals surface area contributed by atoms with Crippen molar-refractivity contribution in [2.75, 3.05) is 0 Å². The molecule has 0 amide bonds. The van der Waals surface area contributed by atoms with E-state index >= 15 is 0 Å². The van der Waals surface area contributed by atoms with Crippen LogP contribution >= 0.6 is 0 Å². The van der Waals surface area contributed by atoms with Gasteiger partial charge in [0.05, 0.1) is 0 Å². The van der Waals surface area contributed by atoms with Gasteiger partial charge in [-0.15, -0.1) is 0 Å². The largest absolute Gasteiger partial charge is 0.300 e. The fourth-order valence-corrected chi connectivity index (χ4v) is 5.66. The van der Waals surface area contributed by atoms with Gasteiger partial charge in [-0.2, -0.15) is 0 Å². The van der Waals surface area contributed by atoms with Crippen LogP contribution in [0, 0.1) is 23.2 Å². The SMILES string of the molecule is CCCC(=O)CCCC12CC3CC(CC(C3)C1)C2. The second-order valence-electron chi connectivity index (χ2n) is 7.56. The molecule has 0 aromatic rings. The summed E-state index contributed by atoms with van der Waals surface area (Å²) in [6.07, 6.45) is 14.3. The Morgan fingerprint density at radius 3 is 2.06 bits per heavy atom. The third-order valence-electron chi connectivity index (χ3n) is 5.86. The van der Waals surface area contributed by atoms with Gasteiger partial charge in [-0.05, 0) is 81.0 Å². The van der Waals surface area contributed by atoms with Gasteiger partial charge in [0.25, 0.3) is 0 Å². The van der Waals surface area contributed by atoms with Crippen LogP contribution in [-0.2, 0) is 4.79 Å². The van der Waals surface area contributed by atoms with Crippen LogP contribution in [0.5, 0.6) is 0 Å². The first-order valence-corrected chi connectivity index (χ1v) is 8.21. The molecule has 0 aliphatic heterocycles. The van der Waals surface area contributed by atoms with Crippen molar-refractivity contribution in [1.82, 2.24) is 0 Å². The Bertz CT molecular complexity index is 282. The molecule has 0 atom stereocenters. The quantitative estimate of drug-likeness (QED) is 0.663. The number of ketones is 1.